The highest BCUT2D eigenvalue weighted by molar-refractivity contribution is 7.07. The van der Waals surface area contributed by atoms with Gasteiger partial charge in [-0.2, -0.15) is 4.98 Å². The number of hydrogen-bond donors (Lipinski definition) is 1. The molecular weight excluding hydrogens is 246 g/mol. The number of aromatic nitrogens is 3. The monoisotopic (exact) mass is 255 g/mol. The van der Waals surface area contributed by atoms with E-state index in [2.05, 4.69) is 15.0 Å². The lowest BCUT2D eigenvalue weighted by atomic mass is 10.4. The minimum atomic E-state index is 0.213. The molecule has 0 bridgehead atoms. The highest BCUT2D eigenvalue weighted by Crippen LogP contribution is 2.23. The van der Waals surface area contributed by atoms with Crippen LogP contribution in [0.15, 0.2) is 17.1 Å². The lowest BCUT2D eigenvalue weighted by Gasteiger charge is -2.17. The van der Waals surface area contributed by atoms with Gasteiger partial charge in [0, 0.05) is 12.4 Å². The number of rotatable bonds is 3. The summed E-state index contributed by atoms with van der Waals surface area (Å²) < 4.78 is 0. The smallest absolute Gasteiger partial charge is 0.222 e. The lowest BCUT2D eigenvalue weighted by Crippen LogP contribution is -2.19. The largest absolute Gasteiger partial charge is 0.368 e. The van der Waals surface area contributed by atoms with Crippen LogP contribution >= 0.6 is 22.9 Å². The number of thiazole rings is 1. The van der Waals surface area contributed by atoms with Gasteiger partial charge in [-0.1, -0.05) is 11.6 Å². The fourth-order valence-corrected chi connectivity index (χ4v) is 2.06. The Morgan fingerprint density at radius 2 is 2.31 bits per heavy atom. The average molecular weight is 256 g/mol. The van der Waals surface area contributed by atoms with E-state index in [0.717, 1.165) is 5.69 Å². The van der Waals surface area contributed by atoms with Crippen molar-refractivity contribution in [2.75, 3.05) is 17.7 Å². The first kappa shape index (κ1) is 11.1. The fourth-order valence-electron chi connectivity index (χ4n) is 1.27. The van der Waals surface area contributed by atoms with Crippen molar-refractivity contribution in [3.63, 3.8) is 0 Å². The molecule has 7 heteroatoms. The summed E-state index contributed by atoms with van der Waals surface area (Å²) in [5.74, 6) is 0.826. The standard InChI is InChI=1S/C9H10ClN5S/c1-15(3-6-4-16-5-13-6)8-7(10)2-12-9(11)14-8/h2,4-5H,3H2,1H3,(H2,11,12,14). The van der Waals surface area contributed by atoms with Crippen LogP contribution in [0.5, 0.6) is 0 Å². The molecule has 0 spiro atoms. The summed E-state index contributed by atoms with van der Waals surface area (Å²) in [5.41, 5.74) is 8.28. The number of halogens is 1. The van der Waals surface area contributed by atoms with Crippen LogP contribution in [0.3, 0.4) is 0 Å². The summed E-state index contributed by atoms with van der Waals surface area (Å²) in [4.78, 5) is 14.0. The molecular formula is C9H10ClN5S. The van der Waals surface area contributed by atoms with Crippen LogP contribution < -0.4 is 10.6 Å². The first-order valence-electron chi connectivity index (χ1n) is 4.53. The Morgan fingerprint density at radius 3 is 3.00 bits per heavy atom. The molecule has 0 aliphatic carbocycles. The predicted octanol–water partition coefficient (Wildman–Crippen LogP) is 1.81. The molecule has 2 aromatic heterocycles. The van der Waals surface area contributed by atoms with Gasteiger partial charge in [-0.15, -0.1) is 11.3 Å². The summed E-state index contributed by atoms with van der Waals surface area (Å²) in [7, 11) is 1.88. The van der Waals surface area contributed by atoms with Crippen molar-refractivity contribution in [1.29, 1.82) is 0 Å². The Hall–Kier alpha value is -1.40. The summed E-state index contributed by atoms with van der Waals surface area (Å²) in [6, 6.07) is 0. The maximum atomic E-state index is 5.99. The van der Waals surface area contributed by atoms with E-state index in [0.29, 0.717) is 17.4 Å². The SMILES string of the molecule is CN(Cc1cscn1)c1nc(N)ncc1Cl. The van der Waals surface area contributed by atoms with Crippen LogP contribution in [0.2, 0.25) is 5.02 Å². The molecule has 2 heterocycles. The molecule has 0 saturated heterocycles. The number of nitrogens with zero attached hydrogens (tertiary/aromatic N) is 4. The molecule has 16 heavy (non-hydrogen) atoms. The minimum Gasteiger partial charge on any atom is -0.368 e. The van der Waals surface area contributed by atoms with Crippen molar-refractivity contribution in [3.8, 4) is 0 Å². The van der Waals surface area contributed by atoms with Gasteiger partial charge in [0.05, 0.1) is 23.9 Å². The average Bonchev–Trinajstić information content (AvgIpc) is 2.74. The minimum absolute atomic E-state index is 0.213. The molecule has 0 atom stereocenters. The van der Waals surface area contributed by atoms with Gasteiger partial charge in [-0.05, 0) is 0 Å². The van der Waals surface area contributed by atoms with Gasteiger partial charge in [0.25, 0.3) is 0 Å². The third-order valence-electron chi connectivity index (χ3n) is 1.99. The van der Waals surface area contributed by atoms with Gasteiger partial charge >= 0.3 is 0 Å². The quantitative estimate of drug-likeness (QED) is 0.906. The van der Waals surface area contributed by atoms with Crippen molar-refractivity contribution >= 4 is 34.7 Å². The van der Waals surface area contributed by atoms with Crippen molar-refractivity contribution in [3.05, 3.63) is 27.8 Å². The molecule has 0 aliphatic rings. The molecule has 0 radical (unpaired) electrons. The Balaban J connectivity index is 2.20. The van der Waals surface area contributed by atoms with E-state index in [4.69, 9.17) is 17.3 Å². The van der Waals surface area contributed by atoms with Crippen LogP contribution in [0.1, 0.15) is 5.69 Å². The molecule has 0 amide bonds. The van der Waals surface area contributed by atoms with Crippen LogP contribution in [-0.2, 0) is 6.54 Å². The van der Waals surface area contributed by atoms with E-state index in [1.54, 1.807) is 16.8 Å². The molecule has 0 fully saturated rings. The maximum Gasteiger partial charge on any atom is 0.222 e. The van der Waals surface area contributed by atoms with Crippen molar-refractivity contribution < 1.29 is 0 Å². The Bertz CT molecular complexity index is 473. The zero-order chi connectivity index (χ0) is 11.5. The van der Waals surface area contributed by atoms with Gasteiger partial charge in [0.15, 0.2) is 5.82 Å². The Kier molecular flexibility index (Phi) is 3.21. The van der Waals surface area contributed by atoms with Crippen molar-refractivity contribution in [1.82, 2.24) is 15.0 Å². The molecule has 2 aromatic rings. The first-order chi connectivity index (χ1) is 7.66. The molecule has 5 nitrogen and oxygen atoms in total. The summed E-state index contributed by atoms with van der Waals surface area (Å²) >= 11 is 7.55. The van der Waals surface area contributed by atoms with Gasteiger partial charge in [-0.3, -0.25) is 0 Å². The number of nitrogen functional groups attached to an aromatic ring is 1. The molecule has 0 aromatic carbocycles. The zero-order valence-electron chi connectivity index (χ0n) is 8.59. The number of hydrogen-bond acceptors (Lipinski definition) is 6. The normalized spacial score (nSPS) is 10.4. The number of anilines is 2. The highest BCUT2D eigenvalue weighted by atomic mass is 35.5. The third-order valence-corrected chi connectivity index (χ3v) is 2.89. The van der Waals surface area contributed by atoms with E-state index in [1.807, 2.05) is 17.3 Å². The lowest BCUT2D eigenvalue weighted by molar-refractivity contribution is 0.871. The van der Waals surface area contributed by atoms with Crippen LogP contribution in [0.4, 0.5) is 11.8 Å². The second-order valence-corrected chi connectivity index (χ2v) is 4.36. The molecule has 0 aliphatic heterocycles. The fraction of sp³-hybridized carbons (Fsp3) is 0.222. The highest BCUT2D eigenvalue weighted by Gasteiger charge is 2.10. The van der Waals surface area contributed by atoms with Gasteiger partial charge < -0.3 is 10.6 Å². The molecule has 0 saturated carbocycles. The van der Waals surface area contributed by atoms with E-state index in [1.165, 1.54) is 6.20 Å². The van der Waals surface area contributed by atoms with E-state index >= 15 is 0 Å². The Morgan fingerprint density at radius 1 is 1.50 bits per heavy atom. The first-order valence-corrected chi connectivity index (χ1v) is 5.85. The topological polar surface area (TPSA) is 67.9 Å². The Labute approximate surface area is 102 Å². The van der Waals surface area contributed by atoms with E-state index < -0.39 is 0 Å². The second kappa shape index (κ2) is 4.63. The molecule has 2 N–H and O–H groups in total. The summed E-state index contributed by atoms with van der Waals surface area (Å²) in [6.45, 7) is 0.639. The second-order valence-electron chi connectivity index (χ2n) is 3.24. The predicted molar refractivity (Wildman–Crippen MR) is 65.7 cm³/mol. The van der Waals surface area contributed by atoms with Gasteiger partial charge in [0.2, 0.25) is 5.95 Å². The molecule has 84 valence electrons. The van der Waals surface area contributed by atoms with Gasteiger partial charge in [0.1, 0.15) is 5.02 Å². The zero-order valence-corrected chi connectivity index (χ0v) is 10.2. The van der Waals surface area contributed by atoms with Crippen LogP contribution in [0.25, 0.3) is 0 Å². The third kappa shape index (κ3) is 2.40. The van der Waals surface area contributed by atoms with Crippen molar-refractivity contribution in [2.24, 2.45) is 0 Å². The van der Waals surface area contributed by atoms with E-state index in [9.17, 15) is 0 Å². The van der Waals surface area contributed by atoms with Crippen LogP contribution in [0, 0.1) is 0 Å². The molecule has 2 rings (SSSR count). The summed E-state index contributed by atoms with van der Waals surface area (Å²) in [6.07, 6.45) is 1.50. The van der Waals surface area contributed by atoms with Crippen LogP contribution in [-0.4, -0.2) is 22.0 Å². The van der Waals surface area contributed by atoms with E-state index in [-0.39, 0.29) is 5.95 Å². The summed E-state index contributed by atoms with van der Waals surface area (Å²) in [5, 5.41) is 2.46. The molecule has 0 unspecified atom stereocenters. The number of nitrogens with two attached hydrogens (primary N) is 1. The van der Waals surface area contributed by atoms with Gasteiger partial charge in [-0.25, -0.2) is 9.97 Å². The maximum absolute atomic E-state index is 5.99. The van der Waals surface area contributed by atoms with Crippen molar-refractivity contribution in [2.45, 2.75) is 6.54 Å².